The SMILES string of the molecule is CCOc1c(C(=O)N2CCN(C)CC2)cnc2c1cnn2CC. The fourth-order valence-corrected chi connectivity index (χ4v) is 2.87. The van der Waals surface area contributed by atoms with E-state index in [2.05, 4.69) is 22.0 Å². The third kappa shape index (κ3) is 2.88. The Labute approximate surface area is 135 Å². The lowest BCUT2D eigenvalue weighted by atomic mass is 10.1. The van der Waals surface area contributed by atoms with Crippen molar-refractivity contribution in [2.45, 2.75) is 20.4 Å². The normalized spacial score (nSPS) is 16.0. The molecular weight excluding hydrogens is 294 g/mol. The van der Waals surface area contributed by atoms with Crippen molar-refractivity contribution in [1.82, 2.24) is 24.6 Å². The highest BCUT2D eigenvalue weighted by molar-refractivity contribution is 6.01. The van der Waals surface area contributed by atoms with Crippen molar-refractivity contribution < 1.29 is 9.53 Å². The molecule has 23 heavy (non-hydrogen) atoms. The number of likely N-dealkylation sites (N-methyl/N-ethyl adjacent to an activating group) is 1. The Kier molecular flexibility index (Phi) is 4.47. The lowest BCUT2D eigenvalue weighted by Crippen LogP contribution is -2.47. The molecule has 2 aromatic heterocycles. The number of rotatable bonds is 4. The lowest BCUT2D eigenvalue weighted by Gasteiger charge is -2.32. The Balaban J connectivity index is 1.99. The predicted molar refractivity (Wildman–Crippen MR) is 87.8 cm³/mol. The van der Waals surface area contributed by atoms with Crippen LogP contribution in [0.3, 0.4) is 0 Å². The minimum Gasteiger partial charge on any atom is -0.492 e. The number of carbonyl (C=O) groups excluding carboxylic acids is 1. The van der Waals surface area contributed by atoms with Crippen molar-refractivity contribution in [2.75, 3.05) is 39.8 Å². The Morgan fingerprint density at radius 1 is 1.22 bits per heavy atom. The maximum atomic E-state index is 12.9. The molecule has 0 spiro atoms. The van der Waals surface area contributed by atoms with Crippen LogP contribution in [0.4, 0.5) is 0 Å². The molecule has 2 aromatic rings. The molecule has 0 N–H and O–H groups in total. The van der Waals surface area contributed by atoms with Gasteiger partial charge in [-0.05, 0) is 20.9 Å². The average molecular weight is 317 g/mol. The van der Waals surface area contributed by atoms with Gasteiger partial charge >= 0.3 is 0 Å². The van der Waals surface area contributed by atoms with Gasteiger partial charge in [-0.25, -0.2) is 9.67 Å². The summed E-state index contributed by atoms with van der Waals surface area (Å²) < 4.78 is 7.60. The van der Waals surface area contributed by atoms with E-state index in [1.807, 2.05) is 23.4 Å². The molecule has 124 valence electrons. The molecule has 1 aliphatic heterocycles. The second-order valence-corrected chi connectivity index (χ2v) is 5.73. The zero-order chi connectivity index (χ0) is 16.4. The summed E-state index contributed by atoms with van der Waals surface area (Å²) in [5.41, 5.74) is 1.28. The Morgan fingerprint density at radius 3 is 2.61 bits per heavy atom. The Hall–Kier alpha value is -2.15. The van der Waals surface area contributed by atoms with Crippen LogP contribution in [-0.2, 0) is 6.54 Å². The predicted octanol–water partition coefficient (Wildman–Crippen LogP) is 1.24. The van der Waals surface area contributed by atoms with Crippen LogP contribution >= 0.6 is 0 Å². The minimum absolute atomic E-state index is 0.0137. The van der Waals surface area contributed by atoms with E-state index in [0.29, 0.717) is 17.9 Å². The van der Waals surface area contributed by atoms with Gasteiger partial charge in [0.05, 0.1) is 18.2 Å². The van der Waals surface area contributed by atoms with Crippen LogP contribution in [0.15, 0.2) is 12.4 Å². The Morgan fingerprint density at radius 2 is 1.96 bits per heavy atom. The number of carbonyl (C=O) groups is 1. The fourth-order valence-electron chi connectivity index (χ4n) is 2.87. The van der Waals surface area contributed by atoms with Gasteiger partial charge in [0.2, 0.25) is 0 Å². The van der Waals surface area contributed by atoms with Crippen LogP contribution in [0.2, 0.25) is 0 Å². The van der Waals surface area contributed by atoms with E-state index in [-0.39, 0.29) is 5.91 Å². The smallest absolute Gasteiger partial charge is 0.259 e. The van der Waals surface area contributed by atoms with Crippen LogP contribution in [0.1, 0.15) is 24.2 Å². The number of amides is 1. The minimum atomic E-state index is -0.0137. The molecule has 0 unspecified atom stereocenters. The second-order valence-electron chi connectivity index (χ2n) is 5.73. The van der Waals surface area contributed by atoms with Gasteiger partial charge in [-0.2, -0.15) is 5.10 Å². The van der Waals surface area contributed by atoms with Gasteiger partial charge in [-0.15, -0.1) is 0 Å². The fraction of sp³-hybridized carbons (Fsp3) is 0.562. The first-order chi connectivity index (χ1) is 11.2. The molecule has 0 saturated carbocycles. The van der Waals surface area contributed by atoms with Gasteiger partial charge in [0.15, 0.2) is 5.65 Å². The molecule has 0 bridgehead atoms. The number of pyridine rings is 1. The van der Waals surface area contributed by atoms with E-state index in [1.165, 1.54) is 0 Å². The molecule has 1 fully saturated rings. The van der Waals surface area contributed by atoms with E-state index in [1.54, 1.807) is 12.4 Å². The molecule has 3 rings (SSSR count). The summed E-state index contributed by atoms with van der Waals surface area (Å²) in [5.74, 6) is 0.585. The number of aromatic nitrogens is 3. The van der Waals surface area contributed by atoms with Gasteiger partial charge in [0, 0.05) is 38.9 Å². The highest BCUT2D eigenvalue weighted by Crippen LogP contribution is 2.29. The molecule has 1 aliphatic rings. The zero-order valence-corrected chi connectivity index (χ0v) is 13.9. The topological polar surface area (TPSA) is 63.5 Å². The van der Waals surface area contributed by atoms with Crippen molar-refractivity contribution in [3.05, 3.63) is 18.0 Å². The zero-order valence-electron chi connectivity index (χ0n) is 13.9. The summed E-state index contributed by atoms with van der Waals surface area (Å²) in [7, 11) is 2.07. The second kappa shape index (κ2) is 6.54. The largest absolute Gasteiger partial charge is 0.492 e. The Bertz CT molecular complexity index is 704. The van der Waals surface area contributed by atoms with Crippen molar-refractivity contribution in [3.63, 3.8) is 0 Å². The molecule has 0 aromatic carbocycles. The maximum absolute atomic E-state index is 12.9. The monoisotopic (exact) mass is 317 g/mol. The first-order valence-electron chi connectivity index (χ1n) is 8.10. The highest BCUT2D eigenvalue weighted by Gasteiger charge is 2.25. The van der Waals surface area contributed by atoms with Gasteiger partial charge in [0.25, 0.3) is 5.91 Å². The van der Waals surface area contributed by atoms with Crippen molar-refractivity contribution in [3.8, 4) is 5.75 Å². The number of nitrogens with zero attached hydrogens (tertiary/aromatic N) is 5. The molecule has 1 amide bonds. The summed E-state index contributed by atoms with van der Waals surface area (Å²) in [6.07, 6.45) is 3.36. The number of hydrogen-bond donors (Lipinski definition) is 0. The molecule has 3 heterocycles. The molecular formula is C16H23N5O2. The summed E-state index contributed by atoms with van der Waals surface area (Å²) in [6, 6.07) is 0. The molecule has 7 nitrogen and oxygen atoms in total. The quantitative estimate of drug-likeness (QED) is 0.849. The van der Waals surface area contributed by atoms with Gasteiger partial charge in [0.1, 0.15) is 11.3 Å². The average Bonchev–Trinajstić information content (AvgIpc) is 2.99. The molecule has 0 radical (unpaired) electrons. The van der Waals surface area contributed by atoms with Crippen LogP contribution in [0, 0.1) is 0 Å². The first kappa shape index (κ1) is 15.7. The summed E-state index contributed by atoms with van der Waals surface area (Å²) >= 11 is 0. The van der Waals surface area contributed by atoms with Crippen LogP contribution in [0.5, 0.6) is 5.75 Å². The van der Waals surface area contributed by atoms with Gasteiger partial charge in [-0.3, -0.25) is 4.79 Å². The lowest BCUT2D eigenvalue weighted by molar-refractivity contribution is 0.0660. The number of aryl methyl sites for hydroxylation is 1. The van der Waals surface area contributed by atoms with Gasteiger partial charge < -0.3 is 14.5 Å². The number of piperazine rings is 1. The van der Waals surface area contributed by atoms with E-state index in [0.717, 1.165) is 43.8 Å². The number of fused-ring (bicyclic) bond motifs is 1. The van der Waals surface area contributed by atoms with E-state index >= 15 is 0 Å². The summed E-state index contributed by atoms with van der Waals surface area (Å²) in [4.78, 5) is 21.4. The number of ether oxygens (including phenoxy) is 1. The van der Waals surface area contributed by atoms with Crippen molar-refractivity contribution >= 4 is 16.9 Å². The first-order valence-corrected chi connectivity index (χ1v) is 8.10. The summed E-state index contributed by atoms with van der Waals surface area (Å²) in [6.45, 7) is 8.39. The molecule has 0 aliphatic carbocycles. The highest BCUT2D eigenvalue weighted by atomic mass is 16.5. The summed E-state index contributed by atoms with van der Waals surface area (Å²) in [5, 5.41) is 5.12. The standard InChI is InChI=1S/C16H23N5O2/c1-4-21-15-12(11-18-21)14(23-5-2)13(10-17-15)16(22)20-8-6-19(3)7-9-20/h10-11H,4-9H2,1-3H3. The molecule has 1 saturated heterocycles. The van der Waals surface area contributed by atoms with E-state index in [4.69, 9.17) is 4.74 Å². The van der Waals surface area contributed by atoms with Crippen molar-refractivity contribution in [2.24, 2.45) is 0 Å². The van der Waals surface area contributed by atoms with E-state index < -0.39 is 0 Å². The third-order valence-corrected chi connectivity index (χ3v) is 4.23. The molecule has 0 atom stereocenters. The third-order valence-electron chi connectivity index (χ3n) is 4.23. The molecule has 7 heteroatoms. The number of hydrogen-bond acceptors (Lipinski definition) is 5. The van der Waals surface area contributed by atoms with Crippen molar-refractivity contribution in [1.29, 1.82) is 0 Å². The van der Waals surface area contributed by atoms with Crippen LogP contribution < -0.4 is 4.74 Å². The maximum Gasteiger partial charge on any atom is 0.259 e. The van der Waals surface area contributed by atoms with Gasteiger partial charge in [-0.1, -0.05) is 0 Å². The van der Waals surface area contributed by atoms with Crippen LogP contribution in [0.25, 0.3) is 11.0 Å². The van der Waals surface area contributed by atoms with Crippen LogP contribution in [-0.4, -0.2) is 70.3 Å². The van der Waals surface area contributed by atoms with E-state index in [9.17, 15) is 4.79 Å².